The molecule has 25 heavy (non-hydrogen) atoms. The number of nitrogens with two attached hydrogens (primary N) is 1. The van der Waals surface area contributed by atoms with E-state index in [4.69, 9.17) is 5.73 Å². The number of piperazine rings is 1. The summed E-state index contributed by atoms with van der Waals surface area (Å²) in [6, 6.07) is -0.0517. The number of hydrogen-bond donors (Lipinski definition) is 2. The lowest BCUT2D eigenvalue weighted by Crippen LogP contribution is -2.55. The fraction of sp³-hybridized carbons (Fsp3) is 0.889. The number of hydrogen-bond acceptors (Lipinski definition) is 5. The van der Waals surface area contributed by atoms with E-state index in [1.54, 1.807) is 11.8 Å². The second-order valence-corrected chi connectivity index (χ2v) is 8.51. The van der Waals surface area contributed by atoms with Crippen molar-refractivity contribution in [2.24, 2.45) is 11.7 Å². The molecule has 2 unspecified atom stereocenters. The summed E-state index contributed by atoms with van der Waals surface area (Å²) in [5.74, 6) is 1.79. The van der Waals surface area contributed by atoms with Gasteiger partial charge < -0.3 is 16.0 Å². The van der Waals surface area contributed by atoms with E-state index in [1.165, 1.54) is 12.8 Å². The summed E-state index contributed by atoms with van der Waals surface area (Å²) in [7, 11) is 0. The number of nitrogens with zero attached hydrogens (tertiary/aromatic N) is 2. The van der Waals surface area contributed by atoms with Crippen molar-refractivity contribution in [1.82, 2.24) is 15.1 Å². The van der Waals surface area contributed by atoms with Gasteiger partial charge in [0.2, 0.25) is 11.8 Å². The van der Waals surface area contributed by atoms with E-state index in [9.17, 15) is 9.59 Å². The topological polar surface area (TPSA) is 78.7 Å². The molecule has 2 amide bonds. The molecule has 1 aliphatic heterocycles. The van der Waals surface area contributed by atoms with Gasteiger partial charge in [-0.15, -0.1) is 0 Å². The van der Waals surface area contributed by atoms with Gasteiger partial charge in [-0.1, -0.05) is 19.8 Å². The molecule has 3 N–H and O–H groups in total. The zero-order valence-corrected chi connectivity index (χ0v) is 16.5. The molecule has 0 radical (unpaired) electrons. The zero-order valence-electron chi connectivity index (χ0n) is 15.7. The maximum atomic E-state index is 12.3. The van der Waals surface area contributed by atoms with Gasteiger partial charge >= 0.3 is 0 Å². The monoisotopic (exact) mass is 370 g/mol. The molecule has 1 saturated carbocycles. The van der Waals surface area contributed by atoms with Crippen molar-refractivity contribution in [3.05, 3.63) is 0 Å². The Balaban J connectivity index is 1.67. The first-order valence-electron chi connectivity index (χ1n) is 9.54. The first kappa shape index (κ1) is 20.5. The molecule has 2 fully saturated rings. The van der Waals surface area contributed by atoms with Crippen LogP contribution in [-0.2, 0) is 9.59 Å². The molecule has 0 aromatic rings. The summed E-state index contributed by atoms with van der Waals surface area (Å²) < 4.78 is 0. The summed E-state index contributed by atoms with van der Waals surface area (Å²) in [4.78, 5) is 28.6. The summed E-state index contributed by atoms with van der Waals surface area (Å²) in [6.07, 6.45) is 7.44. The van der Waals surface area contributed by atoms with Crippen LogP contribution < -0.4 is 11.1 Å². The Morgan fingerprint density at radius 2 is 1.96 bits per heavy atom. The predicted molar refractivity (Wildman–Crippen MR) is 104 cm³/mol. The van der Waals surface area contributed by atoms with Crippen molar-refractivity contribution in [1.29, 1.82) is 0 Å². The normalized spacial score (nSPS) is 26.3. The van der Waals surface area contributed by atoms with Gasteiger partial charge in [-0.25, -0.2) is 0 Å². The Kier molecular flexibility index (Phi) is 8.52. The minimum absolute atomic E-state index is 0.0503. The van der Waals surface area contributed by atoms with Gasteiger partial charge in [-0.3, -0.25) is 14.5 Å². The van der Waals surface area contributed by atoms with E-state index in [-0.39, 0.29) is 11.8 Å². The Morgan fingerprint density at radius 1 is 1.24 bits per heavy atom. The molecule has 1 saturated heterocycles. The standard InChI is InChI=1S/C18H34N4O2S/c1-14-4-3-5-15(12-14)20-17(23)13-21-7-9-22(10-8-21)18(24)16(19)6-11-25-2/h14-16H,3-13,19H2,1-2H3,(H,20,23)/t14?,15?,16-/m0/s1. The number of thioether (sulfide) groups is 1. The molecule has 144 valence electrons. The molecule has 3 atom stereocenters. The van der Waals surface area contributed by atoms with Crippen LogP contribution in [0, 0.1) is 5.92 Å². The maximum absolute atomic E-state index is 12.3. The van der Waals surface area contributed by atoms with Gasteiger partial charge in [-0.2, -0.15) is 11.8 Å². The van der Waals surface area contributed by atoms with Crippen LogP contribution in [0.5, 0.6) is 0 Å². The van der Waals surface area contributed by atoms with E-state index in [0.717, 1.165) is 38.1 Å². The molecule has 2 rings (SSSR count). The van der Waals surface area contributed by atoms with Crippen LogP contribution in [0.3, 0.4) is 0 Å². The molecular weight excluding hydrogens is 336 g/mol. The Morgan fingerprint density at radius 3 is 2.60 bits per heavy atom. The fourth-order valence-corrected chi connectivity index (χ4v) is 4.26. The van der Waals surface area contributed by atoms with Crippen LogP contribution >= 0.6 is 11.8 Å². The third-order valence-corrected chi connectivity index (χ3v) is 5.95. The SMILES string of the molecule is CSCC[C@H](N)C(=O)N1CCN(CC(=O)NC2CCCC(C)C2)CC1. The van der Waals surface area contributed by atoms with Gasteiger partial charge in [-0.05, 0) is 37.2 Å². The van der Waals surface area contributed by atoms with E-state index in [0.29, 0.717) is 31.6 Å². The summed E-state index contributed by atoms with van der Waals surface area (Å²) in [5, 5.41) is 3.19. The Hall–Kier alpha value is -0.790. The molecule has 0 bridgehead atoms. The summed E-state index contributed by atoms with van der Waals surface area (Å²) in [5.41, 5.74) is 5.98. The highest BCUT2D eigenvalue weighted by Crippen LogP contribution is 2.23. The van der Waals surface area contributed by atoms with Crippen molar-refractivity contribution in [2.45, 2.75) is 51.1 Å². The van der Waals surface area contributed by atoms with E-state index >= 15 is 0 Å². The van der Waals surface area contributed by atoms with E-state index < -0.39 is 6.04 Å². The van der Waals surface area contributed by atoms with E-state index in [1.807, 2.05) is 11.2 Å². The smallest absolute Gasteiger partial charge is 0.239 e. The largest absolute Gasteiger partial charge is 0.352 e. The van der Waals surface area contributed by atoms with Gasteiger partial charge in [0.25, 0.3) is 0 Å². The zero-order chi connectivity index (χ0) is 18.2. The van der Waals surface area contributed by atoms with Crippen LogP contribution in [0.15, 0.2) is 0 Å². The van der Waals surface area contributed by atoms with Crippen LogP contribution in [0.4, 0.5) is 0 Å². The second-order valence-electron chi connectivity index (χ2n) is 7.53. The Bertz CT molecular complexity index is 441. The highest BCUT2D eigenvalue weighted by atomic mass is 32.2. The van der Waals surface area contributed by atoms with Crippen LogP contribution in [-0.4, -0.2) is 78.4 Å². The molecule has 2 aliphatic rings. The molecule has 0 spiro atoms. The fourth-order valence-electron chi connectivity index (χ4n) is 3.77. The maximum Gasteiger partial charge on any atom is 0.239 e. The molecule has 6 nitrogen and oxygen atoms in total. The average molecular weight is 371 g/mol. The molecule has 0 aromatic heterocycles. The molecule has 1 aliphatic carbocycles. The number of rotatable bonds is 7. The van der Waals surface area contributed by atoms with Gasteiger partial charge in [0, 0.05) is 32.2 Å². The first-order chi connectivity index (χ1) is 12.0. The highest BCUT2D eigenvalue weighted by molar-refractivity contribution is 7.98. The molecular formula is C18H34N4O2S. The van der Waals surface area contributed by atoms with Gasteiger partial charge in [0.1, 0.15) is 0 Å². The number of nitrogens with one attached hydrogen (secondary N) is 1. The minimum atomic E-state index is -0.393. The van der Waals surface area contributed by atoms with Crippen molar-refractivity contribution < 1.29 is 9.59 Å². The number of amides is 2. The van der Waals surface area contributed by atoms with Crippen LogP contribution in [0.2, 0.25) is 0 Å². The third-order valence-electron chi connectivity index (χ3n) is 5.30. The quantitative estimate of drug-likeness (QED) is 0.696. The minimum Gasteiger partial charge on any atom is -0.352 e. The highest BCUT2D eigenvalue weighted by Gasteiger charge is 2.26. The van der Waals surface area contributed by atoms with Crippen LogP contribution in [0.1, 0.15) is 39.0 Å². The lowest BCUT2D eigenvalue weighted by Gasteiger charge is -2.36. The van der Waals surface area contributed by atoms with Crippen molar-refractivity contribution in [3.63, 3.8) is 0 Å². The lowest BCUT2D eigenvalue weighted by atomic mass is 9.87. The number of carbonyl (C=O) groups is 2. The summed E-state index contributed by atoms with van der Waals surface area (Å²) in [6.45, 7) is 5.52. The predicted octanol–water partition coefficient (Wildman–Crippen LogP) is 0.906. The van der Waals surface area contributed by atoms with Gasteiger partial charge in [0.15, 0.2) is 0 Å². The van der Waals surface area contributed by atoms with E-state index in [2.05, 4.69) is 17.1 Å². The van der Waals surface area contributed by atoms with Crippen LogP contribution in [0.25, 0.3) is 0 Å². The van der Waals surface area contributed by atoms with Crippen molar-refractivity contribution in [2.75, 3.05) is 44.7 Å². The van der Waals surface area contributed by atoms with Crippen molar-refractivity contribution in [3.8, 4) is 0 Å². The van der Waals surface area contributed by atoms with Crippen molar-refractivity contribution >= 4 is 23.6 Å². The first-order valence-corrected chi connectivity index (χ1v) is 10.9. The lowest BCUT2D eigenvalue weighted by molar-refractivity contribution is -0.134. The molecule has 7 heteroatoms. The molecule has 0 aromatic carbocycles. The third kappa shape index (κ3) is 6.79. The Labute approximate surface area is 156 Å². The number of carbonyl (C=O) groups excluding carboxylic acids is 2. The second kappa shape index (κ2) is 10.4. The summed E-state index contributed by atoms with van der Waals surface area (Å²) >= 11 is 1.71. The molecule has 1 heterocycles. The van der Waals surface area contributed by atoms with Gasteiger partial charge in [0.05, 0.1) is 12.6 Å². The average Bonchev–Trinajstić information content (AvgIpc) is 2.59.